The highest BCUT2D eigenvalue weighted by atomic mass is 16.5. The standard InChI is InChI=1S/C19H30N2O2/c1-5-21(3)14-20-18-12-19(22-4)17(11-15(18)2)9-10-23-13-16-7-6-8-16/h11-12,14,16H,5-10,13H2,1-4H3/b20-14+. The molecule has 0 aromatic heterocycles. The molecule has 0 saturated heterocycles. The van der Waals surface area contributed by atoms with Gasteiger partial charge in [0, 0.05) is 26.3 Å². The van der Waals surface area contributed by atoms with E-state index in [2.05, 4.69) is 24.9 Å². The van der Waals surface area contributed by atoms with E-state index in [1.54, 1.807) is 7.11 Å². The number of aryl methyl sites for hydroxylation is 1. The monoisotopic (exact) mass is 318 g/mol. The third-order valence-corrected chi connectivity index (χ3v) is 4.59. The van der Waals surface area contributed by atoms with Crippen LogP contribution < -0.4 is 4.74 Å². The van der Waals surface area contributed by atoms with Gasteiger partial charge in [-0.05, 0) is 50.2 Å². The lowest BCUT2D eigenvalue weighted by molar-refractivity contribution is 0.0720. The van der Waals surface area contributed by atoms with Crippen molar-refractivity contribution in [1.29, 1.82) is 0 Å². The number of aliphatic imine (C=N–C) groups is 1. The van der Waals surface area contributed by atoms with Crippen LogP contribution in [0, 0.1) is 12.8 Å². The van der Waals surface area contributed by atoms with Gasteiger partial charge in [-0.1, -0.05) is 12.5 Å². The summed E-state index contributed by atoms with van der Waals surface area (Å²) in [6.07, 6.45) is 6.79. The van der Waals surface area contributed by atoms with Crippen LogP contribution in [0.4, 0.5) is 5.69 Å². The van der Waals surface area contributed by atoms with Crippen LogP contribution in [0.15, 0.2) is 17.1 Å². The molecule has 0 aliphatic heterocycles. The zero-order valence-corrected chi connectivity index (χ0v) is 15.0. The van der Waals surface area contributed by atoms with E-state index in [0.29, 0.717) is 0 Å². The second-order valence-corrected chi connectivity index (χ2v) is 6.39. The summed E-state index contributed by atoms with van der Waals surface area (Å²) in [4.78, 5) is 6.60. The summed E-state index contributed by atoms with van der Waals surface area (Å²) in [6.45, 7) is 6.81. The second kappa shape index (κ2) is 8.92. The summed E-state index contributed by atoms with van der Waals surface area (Å²) in [5.41, 5.74) is 3.32. The maximum Gasteiger partial charge on any atom is 0.124 e. The van der Waals surface area contributed by atoms with E-state index in [4.69, 9.17) is 9.47 Å². The smallest absolute Gasteiger partial charge is 0.124 e. The lowest BCUT2D eigenvalue weighted by Gasteiger charge is -2.24. The Labute approximate surface area is 140 Å². The van der Waals surface area contributed by atoms with Crippen molar-refractivity contribution in [3.8, 4) is 5.75 Å². The lowest BCUT2D eigenvalue weighted by Crippen LogP contribution is -2.18. The Morgan fingerprint density at radius 2 is 2.13 bits per heavy atom. The van der Waals surface area contributed by atoms with Crippen LogP contribution in [0.25, 0.3) is 0 Å². The van der Waals surface area contributed by atoms with E-state index in [1.807, 2.05) is 24.4 Å². The van der Waals surface area contributed by atoms with Gasteiger partial charge in [-0.25, -0.2) is 4.99 Å². The highest BCUT2D eigenvalue weighted by Gasteiger charge is 2.17. The first-order chi connectivity index (χ1) is 11.1. The Bertz CT molecular complexity index is 524. The van der Waals surface area contributed by atoms with Crippen molar-refractivity contribution in [2.75, 3.05) is 33.9 Å². The summed E-state index contributed by atoms with van der Waals surface area (Å²) in [5.74, 6) is 1.69. The summed E-state index contributed by atoms with van der Waals surface area (Å²) in [6, 6.07) is 4.20. The molecule has 1 fully saturated rings. The summed E-state index contributed by atoms with van der Waals surface area (Å²) < 4.78 is 11.4. The van der Waals surface area contributed by atoms with Crippen LogP contribution >= 0.6 is 0 Å². The average molecular weight is 318 g/mol. The van der Waals surface area contributed by atoms with Crippen molar-refractivity contribution in [1.82, 2.24) is 4.90 Å². The Morgan fingerprint density at radius 1 is 1.35 bits per heavy atom. The molecule has 1 aliphatic carbocycles. The molecule has 0 radical (unpaired) electrons. The maximum absolute atomic E-state index is 5.81. The number of hydrogen-bond donors (Lipinski definition) is 0. The van der Waals surface area contributed by atoms with Crippen molar-refractivity contribution in [3.05, 3.63) is 23.3 Å². The fourth-order valence-corrected chi connectivity index (χ4v) is 2.60. The van der Waals surface area contributed by atoms with Crippen molar-refractivity contribution in [2.24, 2.45) is 10.9 Å². The Balaban J connectivity index is 1.96. The molecule has 1 aliphatic rings. The van der Waals surface area contributed by atoms with E-state index in [1.165, 1.54) is 30.4 Å². The van der Waals surface area contributed by atoms with Gasteiger partial charge < -0.3 is 14.4 Å². The maximum atomic E-state index is 5.81. The molecular weight excluding hydrogens is 288 g/mol. The minimum Gasteiger partial charge on any atom is -0.496 e. The minimum absolute atomic E-state index is 0.757. The second-order valence-electron chi connectivity index (χ2n) is 6.39. The summed E-state index contributed by atoms with van der Waals surface area (Å²) in [7, 11) is 3.74. The normalized spacial score (nSPS) is 15.0. The van der Waals surface area contributed by atoms with Gasteiger partial charge in [0.2, 0.25) is 0 Å². The molecule has 0 bridgehead atoms. The molecule has 128 valence electrons. The van der Waals surface area contributed by atoms with Gasteiger partial charge >= 0.3 is 0 Å². The number of hydrogen-bond acceptors (Lipinski definition) is 3. The highest BCUT2D eigenvalue weighted by molar-refractivity contribution is 5.64. The Kier molecular flexibility index (Phi) is 6.90. The zero-order chi connectivity index (χ0) is 16.7. The summed E-state index contributed by atoms with van der Waals surface area (Å²) in [5, 5.41) is 0. The van der Waals surface area contributed by atoms with E-state index in [0.717, 1.165) is 43.5 Å². The van der Waals surface area contributed by atoms with Crippen LogP contribution in [0.1, 0.15) is 37.3 Å². The van der Waals surface area contributed by atoms with Crippen molar-refractivity contribution >= 4 is 12.0 Å². The molecule has 0 unspecified atom stereocenters. The van der Waals surface area contributed by atoms with Gasteiger partial charge in [-0.15, -0.1) is 0 Å². The lowest BCUT2D eigenvalue weighted by atomic mass is 9.86. The third kappa shape index (κ3) is 5.24. The van der Waals surface area contributed by atoms with Crippen LogP contribution in [0.2, 0.25) is 0 Å². The molecular formula is C19H30N2O2. The molecule has 1 aromatic carbocycles. The van der Waals surface area contributed by atoms with E-state index in [-0.39, 0.29) is 0 Å². The predicted octanol–water partition coefficient (Wildman–Crippen LogP) is 3.97. The largest absolute Gasteiger partial charge is 0.496 e. The van der Waals surface area contributed by atoms with Gasteiger partial charge in [0.25, 0.3) is 0 Å². The molecule has 0 spiro atoms. The Morgan fingerprint density at radius 3 is 2.74 bits per heavy atom. The summed E-state index contributed by atoms with van der Waals surface area (Å²) >= 11 is 0. The van der Waals surface area contributed by atoms with Gasteiger partial charge in [-0.3, -0.25) is 0 Å². The van der Waals surface area contributed by atoms with Crippen LogP contribution in [0.3, 0.4) is 0 Å². The Hall–Kier alpha value is -1.55. The van der Waals surface area contributed by atoms with Crippen molar-refractivity contribution in [3.63, 3.8) is 0 Å². The first-order valence-electron chi connectivity index (χ1n) is 8.63. The van der Waals surface area contributed by atoms with Crippen LogP contribution in [-0.4, -0.2) is 45.2 Å². The number of nitrogens with zero attached hydrogens (tertiary/aromatic N) is 2. The SMILES string of the molecule is CCN(C)/C=N/c1cc(OC)c(CCOCC2CCC2)cc1C. The molecule has 0 atom stereocenters. The molecule has 2 rings (SSSR count). The van der Waals surface area contributed by atoms with Gasteiger partial charge in [0.05, 0.1) is 25.7 Å². The fourth-order valence-electron chi connectivity index (χ4n) is 2.60. The topological polar surface area (TPSA) is 34.1 Å². The number of benzene rings is 1. The first kappa shape index (κ1) is 17.8. The van der Waals surface area contributed by atoms with Crippen molar-refractivity contribution in [2.45, 2.75) is 39.5 Å². The molecule has 1 saturated carbocycles. The number of rotatable bonds is 9. The van der Waals surface area contributed by atoms with Gasteiger partial charge in [0.1, 0.15) is 5.75 Å². The van der Waals surface area contributed by atoms with Crippen LogP contribution in [-0.2, 0) is 11.2 Å². The van der Waals surface area contributed by atoms with E-state index in [9.17, 15) is 0 Å². The van der Waals surface area contributed by atoms with Gasteiger partial charge in [0.15, 0.2) is 0 Å². The molecule has 1 aromatic rings. The van der Waals surface area contributed by atoms with Crippen molar-refractivity contribution < 1.29 is 9.47 Å². The minimum atomic E-state index is 0.757. The fraction of sp³-hybridized carbons (Fsp3) is 0.632. The third-order valence-electron chi connectivity index (χ3n) is 4.59. The molecule has 0 heterocycles. The molecule has 4 nitrogen and oxygen atoms in total. The molecule has 23 heavy (non-hydrogen) atoms. The number of ether oxygens (including phenoxy) is 2. The van der Waals surface area contributed by atoms with E-state index < -0.39 is 0 Å². The molecule has 4 heteroatoms. The average Bonchev–Trinajstić information content (AvgIpc) is 2.51. The molecule has 0 amide bonds. The quantitative estimate of drug-likeness (QED) is 0.392. The predicted molar refractivity (Wildman–Crippen MR) is 96.1 cm³/mol. The number of methoxy groups -OCH3 is 1. The van der Waals surface area contributed by atoms with E-state index >= 15 is 0 Å². The van der Waals surface area contributed by atoms with Crippen LogP contribution in [0.5, 0.6) is 5.75 Å². The molecule has 0 N–H and O–H groups in total. The van der Waals surface area contributed by atoms with Gasteiger partial charge in [-0.2, -0.15) is 0 Å². The zero-order valence-electron chi connectivity index (χ0n) is 15.0. The first-order valence-corrected chi connectivity index (χ1v) is 8.63. The highest BCUT2D eigenvalue weighted by Crippen LogP contribution is 2.30.